The molecule has 1 aromatic rings. The third-order valence-electron chi connectivity index (χ3n) is 2.48. The molecule has 4 nitrogen and oxygen atoms in total. The Morgan fingerprint density at radius 2 is 2.12 bits per heavy atom. The molecule has 1 rings (SSSR count). The van der Waals surface area contributed by atoms with Gasteiger partial charge in [-0.2, -0.15) is 0 Å². The van der Waals surface area contributed by atoms with Gasteiger partial charge >= 0.3 is 5.97 Å². The quantitative estimate of drug-likeness (QED) is 0.706. The minimum atomic E-state index is -0.958. The summed E-state index contributed by atoms with van der Waals surface area (Å²) in [5, 5.41) is 8.79. The molecule has 1 aromatic heterocycles. The molecule has 0 aliphatic heterocycles. The number of aromatic nitrogens is 1. The number of rotatable bonds is 8. The number of carbonyl (C=O) groups is 1. The van der Waals surface area contributed by atoms with Gasteiger partial charge in [-0.1, -0.05) is 32.6 Å². The number of unbranched alkanes of at least 4 members (excludes halogenated alkanes) is 4. The van der Waals surface area contributed by atoms with Crippen LogP contribution in [0.3, 0.4) is 0 Å². The number of ether oxygens (including phenoxy) is 1. The maximum absolute atomic E-state index is 10.7. The van der Waals surface area contributed by atoms with Crippen LogP contribution in [0.2, 0.25) is 0 Å². The van der Waals surface area contributed by atoms with Crippen molar-refractivity contribution < 1.29 is 14.6 Å². The minimum absolute atomic E-state index is 0.209. The molecule has 0 aromatic carbocycles. The Morgan fingerprint density at radius 3 is 2.82 bits per heavy atom. The van der Waals surface area contributed by atoms with E-state index in [1.807, 2.05) is 0 Å². The lowest BCUT2D eigenvalue weighted by Gasteiger charge is -2.05. The lowest BCUT2D eigenvalue weighted by Crippen LogP contribution is -2.02. The monoisotopic (exact) mass is 237 g/mol. The minimum Gasteiger partial charge on any atom is -0.478 e. The number of pyridine rings is 1. The summed E-state index contributed by atoms with van der Waals surface area (Å²) < 4.78 is 5.40. The number of carboxylic acid groups (broad SMARTS) is 1. The summed E-state index contributed by atoms with van der Waals surface area (Å²) in [5.74, 6) is -0.569. The molecule has 0 aliphatic rings. The van der Waals surface area contributed by atoms with Gasteiger partial charge in [-0.05, 0) is 12.5 Å². The average molecular weight is 237 g/mol. The second-order valence-corrected chi connectivity index (χ2v) is 3.95. The SMILES string of the molecule is CCCCCCCOc1cc(C(=O)O)ccn1. The summed E-state index contributed by atoms with van der Waals surface area (Å²) in [6, 6.07) is 2.91. The van der Waals surface area contributed by atoms with Crippen molar-refractivity contribution in [3.8, 4) is 5.88 Å². The topological polar surface area (TPSA) is 59.4 Å². The van der Waals surface area contributed by atoms with Gasteiger partial charge in [0, 0.05) is 12.3 Å². The van der Waals surface area contributed by atoms with Gasteiger partial charge in [-0.15, -0.1) is 0 Å². The van der Waals surface area contributed by atoms with Crippen molar-refractivity contribution in [2.24, 2.45) is 0 Å². The molecular weight excluding hydrogens is 218 g/mol. The lowest BCUT2D eigenvalue weighted by atomic mass is 10.2. The van der Waals surface area contributed by atoms with Gasteiger partial charge in [-0.25, -0.2) is 9.78 Å². The van der Waals surface area contributed by atoms with Crippen LogP contribution in [0.25, 0.3) is 0 Å². The second kappa shape index (κ2) is 7.65. The fraction of sp³-hybridized carbons (Fsp3) is 0.538. The fourth-order valence-electron chi connectivity index (χ4n) is 1.50. The van der Waals surface area contributed by atoms with Gasteiger partial charge in [-0.3, -0.25) is 0 Å². The zero-order valence-corrected chi connectivity index (χ0v) is 10.2. The van der Waals surface area contributed by atoms with Gasteiger partial charge in [0.25, 0.3) is 0 Å². The molecule has 0 radical (unpaired) electrons. The van der Waals surface area contributed by atoms with E-state index < -0.39 is 5.97 Å². The molecule has 0 aliphatic carbocycles. The fourth-order valence-corrected chi connectivity index (χ4v) is 1.50. The van der Waals surface area contributed by atoms with Crippen molar-refractivity contribution in [2.45, 2.75) is 39.0 Å². The van der Waals surface area contributed by atoms with Crippen molar-refractivity contribution in [3.05, 3.63) is 23.9 Å². The highest BCUT2D eigenvalue weighted by Gasteiger charge is 2.04. The number of carboxylic acids is 1. The first-order valence-electron chi connectivity index (χ1n) is 6.06. The maximum Gasteiger partial charge on any atom is 0.335 e. The Bertz CT molecular complexity index is 352. The van der Waals surface area contributed by atoms with Crippen LogP contribution in [0.4, 0.5) is 0 Å². The molecule has 0 atom stereocenters. The van der Waals surface area contributed by atoms with Crippen LogP contribution in [-0.4, -0.2) is 22.7 Å². The molecule has 0 unspecified atom stereocenters. The molecule has 17 heavy (non-hydrogen) atoms. The van der Waals surface area contributed by atoms with Crippen molar-refractivity contribution in [2.75, 3.05) is 6.61 Å². The van der Waals surface area contributed by atoms with E-state index in [1.54, 1.807) is 0 Å². The summed E-state index contributed by atoms with van der Waals surface area (Å²) in [5.41, 5.74) is 0.209. The van der Waals surface area contributed by atoms with E-state index in [0.29, 0.717) is 12.5 Å². The molecule has 1 N–H and O–H groups in total. The molecule has 0 saturated carbocycles. The Labute approximate surface area is 102 Å². The van der Waals surface area contributed by atoms with Gasteiger partial charge in [0.1, 0.15) is 0 Å². The molecule has 0 saturated heterocycles. The van der Waals surface area contributed by atoms with Crippen LogP contribution >= 0.6 is 0 Å². The van der Waals surface area contributed by atoms with Gasteiger partial charge in [0.2, 0.25) is 5.88 Å². The van der Waals surface area contributed by atoms with Crippen LogP contribution < -0.4 is 4.74 Å². The molecule has 0 fully saturated rings. The van der Waals surface area contributed by atoms with Crippen LogP contribution in [0, 0.1) is 0 Å². The normalized spacial score (nSPS) is 10.2. The van der Waals surface area contributed by atoms with Crippen LogP contribution in [0.5, 0.6) is 5.88 Å². The Kier molecular flexibility index (Phi) is 6.07. The van der Waals surface area contributed by atoms with Gasteiger partial charge in [0.15, 0.2) is 0 Å². The van der Waals surface area contributed by atoms with E-state index in [4.69, 9.17) is 9.84 Å². The molecule has 1 heterocycles. The summed E-state index contributed by atoms with van der Waals surface area (Å²) in [6.45, 7) is 2.78. The van der Waals surface area contributed by atoms with E-state index in [2.05, 4.69) is 11.9 Å². The van der Waals surface area contributed by atoms with E-state index >= 15 is 0 Å². The summed E-state index contributed by atoms with van der Waals surface area (Å²) in [6.07, 6.45) is 7.29. The second-order valence-electron chi connectivity index (χ2n) is 3.95. The summed E-state index contributed by atoms with van der Waals surface area (Å²) in [4.78, 5) is 14.7. The average Bonchev–Trinajstić information content (AvgIpc) is 2.34. The highest BCUT2D eigenvalue weighted by Crippen LogP contribution is 2.10. The summed E-state index contributed by atoms with van der Waals surface area (Å²) >= 11 is 0. The zero-order chi connectivity index (χ0) is 12.5. The largest absolute Gasteiger partial charge is 0.478 e. The molecule has 0 amide bonds. The number of aromatic carboxylic acids is 1. The van der Waals surface area contributed by atoms with Crippen LogP contribution in [-0.2, 0) is 0 Å². The predicted molar refractivity (Wildman–Crippen MR) is 65.5 cm³/mol. The van der Waals surface area contributed by atoms with Crippen LogP contribution in [0.15, 0.2) is 18.3 Å². The number of hydrogen-bond acceptors (Lipinski definition) is 3. The van der Waals surface area contributed by atoms with Gasteiger partial charge in [0.05, 0.1) is 12.2 Å². The third-order valence-corrected chi connectivity index (χ3v) is 2.48. The standard InChI is InChI=1S/C13H19NO3/c1-2-3-4-5-6-9-17-12-10-11(13(15)16)7-8-14-12/h7-8,10H,2-6,9H2,1H3,(H,15,16). The molecule has 0 spiro atoms. The predicted octanol–water partition coefficient (Wildman–Crippen LogP) is 3.13. The Balaban J connectivity index is 2.27. The number of nitrogens with zero attached hydrogens (tertiary/aromatic N) is 1. The molecule has 94 valence electrons. The third kappa shape index (κ3) is 5.33. The highest BCUT2D eigenvalue weighted by atomic mass is 16.5. The van der Waals surface area contributed by atoms with Crippen molar-refractivity contribution in [1.82, 2.24) is 4.98 Å². The van der Waals surface area contributed by atoms with E-state index in [1.165, 1.54) is 37.6 Å². The smallest absolute Gasteiger partial charge is 0.335 e. The molecule has 0 bridgehead atoms. The lowest BCUT2D eigenvalue weighted by molar-refractivity contribution is 0.0696. The van der Waals surface area contributed by atoms with Crippen molar-refractivity contribution >= 4 is 5.97 Å². The highest BCUT2D eigenvalue weighted by molar-refractivity contribution is 5.87. The number of hydrogen-bond donors (Lipinski definition) is 1. The summed E-state index contributed by atoms with van der Waals surface area (Å²) in [7, 11) is 0. The van der Waals surface area contributed by atoms with Crippen molar-refractivity contribution in [1.29, 1.82) is 0 Å². The van der Waals surface area contributed by atoms with Crippen molar-refractivity contribution in [3.63, 3.8) is 0 Å². The first-order valence-corrected chi connectivity index (χ1v) is 6.06. The Morgan fingerprint density at radius 1 is 1.35 bits per heavy atom. The van der Waals surface area contributed by atoms with E-state index in [9.17, 15) is 4.79 Å². The maximum atomic E-state index is 10.7. The Hall–Kier alpha value is -1.58. The first kappa shape index (κ1) is 13.5. The van der Waals surface area contributed by atoms with Gasteiger partial charge < -0.3 is 9.84 Å². The van der Waals surface area contributed by atoms with Crippen LogP contribution in [0.1, 0.15) is 49.4 Å². The van der Waals surface area contributed by atoms with E-state index in [-0.39, 0.29) is 5.56 Å². The molecule has 4 heteroatoms. The zero-order valence-electron chi connectivity index (χ0n) is 10.2. The first-order chi connectivity index (χ1) is 8.24. The molecular formula is C13H19NO3. The van der Waals surface area contributed by atoms with E-state index in [0.717, 1.165) is 12.8 Å².